The summed E-state index contributed by atoms with van der Waals surface area (Å²) in [5.41, 5.74) is 5.57. The summed E-state index contributed by atoms with van der Waals surface area (Å²) in [6.07, 6.45) is 10.3. The number of aromatic nitrogens is 6. The number of halogens is 1. The van der Waals surface area contributed by atoms with Gasteiger partial charge in [0.1, 0.15) is 24.2 Å². The number of hydrogen-bond donors (Lipinski definition) is 2. The maximum atomic E-state index is 13.5. The number of anilines is 5. The Bertz CT molecular complexity index is 2000. The van der Waals surface area contributed by atoms with E-state index >= 15 is 0 Å². The monoisotopic (exact) mass is 719 g/mol. The van der Waals surface area contributed by atoms with Crippen LogP contribution < -0.4 is 25.6 Å². The molecule has 13 nitrogen and oxygen atoms in total. The Morgan fingerprint density at radius 3 is 2.47 bits per heavy atom. The van der Waals surface area contributed by atoms with Crippen molar-refractivity contribution in [1.82, 2.24) is 29.7 Å². The number of nitrogens with one attached hydrogen (secondary N) is 2. The lowest BCUT2D eigenvalue weighted by atomic mass is 9.99. The Hall–Kier alpha value is -4.10. The predicted molar refractivity (Wildman–Crippen MR) is 186 cm³/mol. The number of hydrogen-bond acceptors (Lipinski definition) is 12. The highest BCUT2D eigenvalue weighted by Gasteiger charge is 2.40. The number of rotatable bonds is 8. The molecule has 7 rings (SSSR count). The molecule has 0 aliphatic carbocycles. The normalized spacial score (nSPS) is 16.1. The average Bonchev–Trinajstić information content (AvgIpc) is 3.71. The van der Waals surface area contributed by atoms with Crippen LogP contribution in [0.2, 0.25) is 0 Å². The van der Waals surface area contributed by atoms with E-state index in [2.05, 4.69) is 51.5 Å². The summed E-state index contributed by atoms with van der Waals surface area (Å²) >= 11 is 3.58. The number of aryl methyl sites for hydroxylation is 1. The van der Waals surface area contributed by atoms with Gasteiger partial charge in [-0.15, -0.1) is 0 Å². The van der Waals surface area contributed by atoms with Crippen molar-refractivity contribution in [3.63, 3.8) is 0 Å². The molecule has 0 radical (unpaired) electrons. The highest BCUT2D eigenvalue weighted by atomic mass is 79.9. The number of nitrogens with zero attached hydrogens (tertiary/aromatic N) is 7. The smallest absolute Gasteiger partial charge is 0.229 e. The topological polar surface area (TPSA) is 141 Å². The molecule has 2 aliphatic heterocycles. The van der Waals surface area contributed by atoms with Crippen molar-refractivity contribution < 1.29 is 18.8 Å². The van der Waals surface area contributed by atoms with Gasteiger partial charge in [0, 0.05) is 80.6 Å². The van der Waals surface area contributed by atoms with Crippen LogP contribution in [0.1, 0.15) is 12.8 Å². The van der Waals surface area contributed by atoms with E-state index in [0.29, 0.717) is 62.9 Å². The lowest BCUT2D eigenvalue weighted by Crippen LogP contribution is -2.45. The van der Waals surface area contributed by atoms with Gasteiger partial charge in [0.2, 0.25) is 5.95 Å². The van der Waals surface area contributed by atoms with Gasteiger partial charge >= 0.3 is 0 Å². The third-order valence-corrected chi connectivity index (χ3v) is 10.5. The zero-order valence-corrected chi connectivity index (χ0v) is 29.0. The van der Waals surface area contributed by atoms with Crippen LogP contribution in [0.3, 0.4) is 0 Å². The fraction of sp³-hybridized carbons (Fsp3) is 0.344. The molecule has 47 heavy (non-hydrogen) atoms. The molecule has 2 fully saturated rings. The number of ether oxygens (including phenoxy) is 3. The highest BCUT2D eigenvalue weighted by Crippen LogP contribution is 2.44. The first kappa shape index (κ1) is 31.5. The Labute approximate surface area is 280 Å². The van der Waals surface area contributed by atoms with Crippen LogP contribution in [0.15, 0.2) is 59.7 Å². The molecule has 5 heterocycles. The van der Waals surface area contributed by atoms with Crippen LogP contribution >= 0.6 is 23.1 Å². The maximum absolute atomic E-state index is 13.5. The zero-order valence-electron chi connectivity index (χ0n) is 26.5. The first-order valence-electron chi connectivity index (χ1n) is 15.2. The van der Waals surface area contributed by atoms with Crippen LogP contribution in [0.4, 0.5) is 28.8 Å². The van der Waals surface area contributed by atoms with Crippen LogP contribution in [0.5, 0.6) is 5.75 Å². The third-order valence-electron chi connectivity index (χ3n) is 8.41. The molecule has 15 heteroatoms. The molecule has 2 N–H and O–H groups in total. The summed E-state index contributed by atoms with van der Waals surface area (Å²) < 4.78 is 33.7. The third kappa shape index (κ3) is 6.30. The van der Waals surface area contributed by atoms with Crippen molar-refractivity contribution in [2.75, 3.05) is 62.3 Å². The van der Waals surface area contributed by atoms with Gasteiger partial charge in [0.05, 0.1) is 53.2 Å². The lowest BCUT2D eigenvalue weighted by molar-refractivity contribution is -0.169. The number of methoxy groups -OCH3 is 1. The molecular formula is C32H35BrN9O4P. The van der Waals surface area contributed by atoms with Gasteiger partial charge in [-0.25, -0.2) is 4.98 Å². The fourth-order valence-electron chi connectivity index (χ4n) is 6.19. The van der Waals surface area contributed by atoms with E-state index in [-0.39, 0.29) is 0 Å². The summed E-state index contributed by atoms with van der Waals surface area (Å²) in [7, 11) is 0.778. The number of fused-ring (bicyclic) bond motifs is 1. The Morgan fingerprint density at radius 2 is 1.77 bits per heavy atom. The van der Waals surface area contributed by atoms with Gasteiger partial charge < -0.3 is 34.3 Å². The Morgan fingerprint density at radius 1 is 1.00 bits per heavy atom. The quantitative estimate of drug-likeness (QED) is 0.191. The van der Waals surface area contributed by atoms with Gasteiger partial charge in [0.15, 0.2) is 5.79 Å². The molecule has 2 aliphatic rings. The maximum Gasteiger partial charge on any atom is 0.229 e. The Kier molecular flexibility index (Phi) is 8.37. The van der Waals surface area contributed by atoms with Crippen LogP contribution in [0, 0.1) is 0 Å². The van der Waals surface area contributed by atoms with Gasteiger partial charge in [-0.1, -0.05) is 0 Å². The fourth-order valence-corrected chi connectivity index (χ4v) is 7.88. The SMILES string of the molecule is COc1cc(N2CCC3(CC2)OCCO3)c(-c2cnn(C)c2)cc1Nc1ncc(Br)c(Nc2ccc3nccnc3c2P(C)(C)=O)n1. The molecule has 3 aromatic heterocycles. The van der Waals surface area contributed by atoms with Crippen molar-refractivity contribution in [2.24, 2.45) is 7.05 Å². The van der Waals surface area contributed by atoms with Crippen molar-refractivity contribution in [2.45, 2.75) is 18.6 Å². The van der Waals surface area contributed by atoms with Crippen molar-refractivity contribution in [1.29, 1.82) is 0 Å². The minimum Gasteiger partial charge on any atom is -0.494 e. The van der Waals surface area contributed by atoms with E-state index < -0.39 is 12.9 Å². The second-order valence-electron chi connectivity index (χ2n) is 11.9. The standard InChI is InChI=1S/C32H35BrN9O4P/c1-41-19-20(17-37-41)21-15-25(27(44-2)16-26(21)42-11-7-32(8-12-42)45-13-14-46-32)39-31-36-18-22(33)30(40-31)38-24-6-5-23-28(35-10-9-34-23)29(24)47(3,4)43/h5-6,9-10,15-19H,7-8,11-14H2,1-4H3,(H2,36,38,39,40). The van der Waals surface area contributed by atoms with E-state index in [4.69, 9.17) is 19.2 Å². The Balaban J connectivity index is 1.23. The zero-order chi connectivity index (χ0) is 32.8. The molecule has 244 valence electrons. The summed E-state index contributed by atoms with van der Waals surface area (Å²) in [6.45, 7) is 6.27. The van der Waals surface area contributed by atoms with Gasteiger partial charge in [-0.2, -0.15) is 10.1 Å². The number of piperidine rings is 1. The van der Waals surface area contributed by atoms with Crippen molar-refractivity contribution in [3.8, 4) is 16.9 Å². The van der Waals surface area contributed by atoms with E-state index in [0.717, 1.165) is 42.7 Å². The van der Waals surface area contributed by atoms with Crippen LogP contribution in [-0.4, -0.2) is 82.2 Å². The molecule has 0 unspecified atom stereocenters. The van der Waals surface area contributed by atoms with E-state index in [1.165, 1.54) is 0 Å². The highest BCUT2D eigenvalue weighted by molar-refractivity contribution is 9.10. The number of benzene rings is 2. The van der Waals surface area contributed by atoms with Gasteiger partial charge in [-0.3, -0.25) is 14.6 Å². The molecule has 0 atom stereocenters. The molecule has 5 aromatic rings. The van der Waals surface area contributed by atoms with E-state index in [1.54, 1.807) is 43.7 Å². The van der Waals surface area contributed by atoms with Crippen molar-refractivity contribution >= 4 is 68.2 Å². The minimum absolute atomic E-state index is 0.340. The average molecular weight is 721 g/mol. The first-order valence-corrected chi connectivity index (χ1v) is 18.6. The summed E-state index contributed by atoms with van der Waals surface area (Å²) in [4.78, 5) is 20.5. The predicted octanol–water partition coefficient (Wildman–Crippen LogP) is 5.67. The molecule has 2 aromatic carbocycles. The molecule has 0 saturated carbocycles. The van der Waals surface area contributed by atoms with Gasteiger partial charge in [-0.05, 0) is 47.5 Å². The van der Waals surface area contributed by atoms with Crippen LogP contribution in [-0.2, 0) is 21.1 Å². The second kappa shape index (κ2) is 12.5. The van der Waals surface area contributed by atoms with Gasteiger partial charge in [0.25, 0.3) is 0 Å². The summed E-state index contributed by atoms with van der Waals surface area (Å²) in [5.74, 6) is 0.985. The van der Waals surface area contributed by atoms with E-state index in [1.807, 2.05) is 43.7 Å². The molecule has 0 amide bonds. The summed E-state index contributed by atoms with van der Waals surface area (Å²) in [6, 6.07) is 7.78. The first-order chi connectivity index (χ1) is 22.6. The minimum atomic E-state index is -2.77. The molecular weight excluding hydrogens is 685 g/mol. The summed E-state index contributed by atoms with van der Waals surface area (Å²) in [5, 5.41) is 11.8. The molecule has 0 bridgehead atoms. The molecule has 1 spiro atoms. The lowest BCUT2D eigenvalue weighted by Gasteiger charge is -2.39. The second-order valence-corrected chi connectivity index (χ2v) is 15.9. The van der Waals surface area contributed by atoms with Crippen molar-refractivity contribution in [3.05, 3.63) is 59.7 Å². The van der Waals surface area contributed by atoms with Crippen LogP contribution in [0.25, 0.3) is 22.2 Å². The largest absolute Gasteiger partial charge is 0.494 e. The van der Waals surface area contributed by atoms with E-state index in [9.17, 15) is 4.57 Å². The molecule has 2 saturated heterocycles.